The van der Waals surface area contributed by atoms with Crippen LogP contribution in [0, 0.1) is 17.3 Å². The van der Waals surface area contributed by atoms with Crippen molar-refractivity contribution >= 4 is 17.8 Å². The number of hydrogen-bond donors (Lipinski definition) is 1. The molecule has 3 heterocycles. The van der Waals surface area contributed by atoms with Crippen LogP contribution in [0.4, 0.5) is 5.95 Å². The van der Waals surface area contributed by atoms with Gasteiger partial charge in [0.25, 0.3) is 0 Å². The highest BCUT2D eigenvalue weighted by atomic mass is 16.2. The molecule has 0 radical (unpaired) electrons. The fourth-order valence-corrected chi connectivity index (χ4v) is 4.43. The molecule has 2 aliphatic heterocycles. The third-order valence-electron chi connectivity index (χ3n) is 6.17. The van der Waals surface area contributed by atoms with E-state index in [4.69, 9.17) is 0 Å². The van der Waals surface area contributed by atoms with Crippen molar-refractivity contribution in [2.45, 2.75) is 32.6 Å². The number of anilines is 1. The summed E-state index contributed by atoms with van der Waals surface area (Å²) >= 11 is 0. The maximum Gasteiger partial charge on any atom is 0.228 e. The fraction of sp³-hybridized carbons (Fsp3) is 0.684. The molecule has 2 saturated heterocycles. The minimum atomic E-state index is -0.460. The van der Waals surface area contributed by atoms with Gasteiger partial charge in [-0.3, -0.25) is 9.59 Å². The monoisotopic (exact) mass is 357 g/mol. The van der Waals surface area contributed by atoms with Gasteiger partial charge in [0.15, 0.2) is 0 Å². The molecule has 0 spiro atoms. The highest BCUT2D eigenvalue weighted by molar-refractivity contribution is 5.85. The molecule has 1 aliphatic carbocycles. The van der Waals surface area contributed by atoms with Crippen molar-refractivity contribution in [3.8, 4) is 0 Å². The molecular weight excluding hydrogens is 330 g/mol. The van der Waals surface area contributed by atoms with Crippen LogP contribution in [0.2, 0.25) is 0 Å². The second kappa shape index (κ2) is 6.85. The number of nitrogens with zero attached hydrogens (tertiary/aromatic N) is 4. The quantitative estimate of drug-likeness (QED) is 0.872. The number of hydrogen-bond acceptors (Lipinski definition) is 5. The van der Waals surface area contributed by atoms with E-state index in [-0.39, 0.29) is 17.7 Å². The predicted molar refractivity (Wildman–Crippen MR) is 97.4 cm³/mol. The van der Waals surface area contributed by atoms with Gasteiger partial charge in [0.1, 0.15) is 0 Å². The summed E-state index contributed by atoms with van der Waals surface area (Å²) in [7, 11) is 0. The van der Waals surface area contributed by atoms with E-state index in [0.717, 1.165) is 25.9 Å². The van der Waals surface area contributed by atoms with E-state index < -0.39 is 5.41 Å². The van der Waals surface area contributed by atoms with Gasteiger partial charge in [-0.25, -0.2) is 9.97 Å². The van der Waals surface area contributed by atoms with Gasteiger partial charge in [-0.15, -0.1) is 0 Å². The number of aromatic nitrogens is 2. The standard InChI is InChI=1S/C19H27N5O2/c1-14(25)23-9-2-6-19(17(26)22-10-15-4-5-15)13-24(12-16(19)11-23)18-20-7-3-8-21-18/h3,7-8,15-16H,2,4-6,9-13H2,1H3,(H,22,26)/t16-,19-/m0/s1. The minimum absolute atomic E-state index is 0.0913. The van der Waals surface area contributed by atoms with Crippen LogP contribution in [-0.2, 0) is 9.59 Å². The molecule has 3 aliphatic rings. The Kier molecular flexibility index (Phi) is 4.54. The number of carbonyl (C=O) groups is 2. The summed E-state index contributed by atoms with van der Waals surface area (Å²) in [4.78, 5) is 38.0. The molecule has 140 valence electrons. The van der Waals surface area contributed by atoms with Gasteiger partial charge in [0, 0.05) is 58.0 Å². The first-order valence-electron chi connectivity index (χ1n) is 9.64. The lowest BCUT2D eigenvalue weighted by Gasteiger charge is -2.32. The summed E-state index contributed by atoms with van der Waals surface area (Å²) in [5, 5.41) is 3.21. The largest absolute Gasteiger partial charge is 0.355 e. The second-order valence-corrected chi connectivity index (χ2v) is 8.00. The Hall–Kier alpha value is -2.18. The molecule has 2 atom stereocenters. The SMILES string of the molecule is CC(=O)N1CCC[C@]2(C(=O)NCC3CC3)CN(c3ncccn3)C[C@@H]2C1. The van der Waals surface area contributed by atoms with Gasteiger partial charge < -0.3 is 15.1 Å². The first-order valence-corrected chi connectivity index (χ1v) is 9.64. The average Bonchev–Trinajstić information content (AvgIpc) is 3.43. The number of fused-ring (bicyclic) bond motifs is 1. The Labute approximate surface area is 154 Å². The number of nitrogens with one attached hydrogen (secondary N) is 1. The highest BCUT2D eigenvalue weighted by Gasteiger charge is 2.53. The lowest BCUT2D eigenvalue weighted by Crippen LogP contribution is -2.48. The smallest absolute Gasteiger partial charge is 0.228 e. The molecule has 1 aromatic heterocycles. The molecule has 1 aromatic rings. The van der Waals surface area contributed by atoms with E-state index >= 15 is 0 Å². The average molecular weight is 357 g/mol. The Balaban J connectivity index is 1.59. The van der Waals surface area contributed by atoms with Crippen LogP contribution in [0.15, 0.2) is 18.5 Å². The van der Waals surface area contributed by atoms with Crippen molar-refractivity contribution in [2.24, 2.45) is 17.3 Å². The lowest BCUT2D eigenvalue weighted by molar-refractivity contribution is -0.134. The molecule has 3 fully saturated rings. The van der Waals surface area contributed by atoms with Crippen molar-refractivity contribution in [2.75, 3.05) is 37.6 Å². The third kappa shape index (κ3) is 3.27. The summed E-state index contributed by atoms with van der Waals surface area (Å²) in [5.74, 6) is 1.68. The van der Waals surface area contributed by atoms with Crippen molar-refractivity contribution in [1.29, 1.82) is 0 Å². The molecule has 4 rings (SSSR count). The molecule has 7 nitrogen and oxygen atoms in total. The summed E-state index contributed by atoms with van der Waals surface area (Å²) < 4.78 is 0. The van der Waals surface area contributed by atoms with Crippen molar-refractivity contribution in [3.63, 3.8) is 0 Å². The van der Waals surface area contributed by atoms with E-state index in [1.165, 1.54) is 12.8 Å². The third-order valence-corrected chi connectivity index (χ3v) is 6.17. The van der Waals surface area contributed by atoms with Crippen LogP contribution in [-0.4, -0.2) is 59.4 Å². The molecule has 0 aromatic carbocycles. The van der Waals surface area contributed by atoms with Gasteiger partial charge >= 0.3 is 0 Å². The number of carbonyl (C=O) groups excluding carboxylic acids is 2. The first kappa shape index (κ1) is 17.2. The van der Waals surface area contributed by atoms with Gasteiger partial charge in [0.2, 0.25) is 17.8 Å². The normalized spacial score (nSPS) is 28.4. The van der Waals surface area contributed by atoms with E-state index in [2.05, 4.69) is 20.2 Å². The topological polar surface area (TPSA) is 78.4 Å². The van der Waals surface area contributed by atoms with Gasteiger partial charge in [-0.1, -0.05) is 0 Å². The molecule has 7 heteroatoms. The second-order valence-electron chi connectivity index (χ2n) is 8.00. The summed E-state index contributed by atoms with van der Waals surface area (Å²) in [6.45, 7) is 5.12. The first-order chi connectivity index (χ1) is 12.6. The zero-order valence-electron chi connectivity index (χ0n) is 15.4. The highest BCUT2D eigenvalue weighted by Crippen LogP contribution is 2.44. The molecule has 1 saturated carbocycles. The molecule has 26 heavy (non-hydrogen) atoms. The van der Waals surface area contributed by atoms with Crippen LogP contribution < -0.4 is 10.2 Å². The zero-order valence-corrected chi connectivity index (χ0v) is 15.4. The van der Waals surface area contributed by atoms with E-state index in [0.29, 0.717) is 31.5 Å². The summed E-state index contributed by atoms with van der Waals surface area (Å²) in [5.41, 5.74) is -0.460. The molecule has 0 bridgehead atoms. The number of amides is 2. The van der Waals surface area contributed by atoms with Gasteiger partial charge in [-0.05, 0) is 37.7 Å². The molecule has 2 amide bonds. The Morgan fingerprint density at radius 2 is 2.04 bits per heavy atom. The van der Waals surface area contributed by atoms with E-state index in [9.17, 15) is 9.59 Å². The zero-order chi connectivity index (χ0) is 18.1. The lowest BCUT2D eigenvalue weighted by atomic mass is 9.74. The van der Waals surface area contributed by atoms with Crippen LogP contribution in [0.5, 0.6) is 0 Å². The molecular formula is C19H27N5O2. The Morgan fingerprint density at radius 1 is 1.27 bits per heavy atom. The molecule has 1 N–H and O–H groups in total. The van der Waals surface area contributed by atoms with Crippen molar-refractivity contribution in [1.82, 2.24) is 20.2 Å². The maximum absolute atomic E-state index is 13.3. The minimum Gasteiger partial charge on any atom is -0.355 e. The number of likely N-dealkylation sites (tertiary alicyclic amines) is 1. The predicted octanol–water partition coefficient (Wildman–Crippen LogP) is 1.07. The van der Waals surface area contributed by atoms with Crippen LogP contribution in [0.1, 0.15) is 32.6 Å². The van der Waals surface area contributed by atoms with E-state index in [1.54, 1.807) is 25.4 Å². The summed E-state index contributed by atoms with van der Waals surface area (Å²) in [6.07, 6.45) is 7.58. The van der Waals surface area contributed by atoms with Gasteiger partial charge in [0.05, 0.1) is 5.41 Å². The fourth-order valence-electron chi connectivity index (χ4n) is 4.43. The van der Waals surface area contributed by atoms with E-state index in [1.807, 2.05) is 4.90 Å². The Bertz CT molecular complexity index is 678. The van der Waals surface area contributed by atoms with Crippen LogP contribution in [0.3, 0.4) is 0 Å². The maximum atomic E-state index is 13.3. The summed E-state index contributed by atoms with van der Waals surface area (Å²) in [6, 6.07) is 1.80. The van der Waals surface area contributed by atoms with Crippen molar-refractivity contribution < 1.29 is 9.59 Å². The van der Waals surface area contributed by atoms with Crippen LogP contribution in [0.25, 0.3) is 0 Å². The van der Waals surface area contributed by atoms with Crippen molar-refractivity contribution in [3.05, 3.63) is 18.5 Å². The Morgan fingerprint density at radius 3 is 2.73 bits per heavy atom. The number of rotatable bonds is 4. The van der Waals surface area contributed by atoms with Crippen LogP contribution >= 0.6 is 0 Å². The molecule has 0 unspecified atom stereocenters. The van der Waals surface area contributed by atoms with Gasteiger partial charge in [-0.2, -0.15) is 0 Å².